The van der Waals surface area contributed by atoms with E-state index >= 15 is 0 Å². The van der Waals surface area contributed by atoms with Gasteiger partial charge in [0.05, 0.1) is 17.3 Å². The zero-order valence-corrected chi connectivity index (χ0v) is 16.7. The number of nitrogens with zero attached hydrogens (tertiary/aromatic N) is 1. The summed E-state index contributed by atoms with van der Waals surface area (Å²) in [5.41, 5.74) is 0.599. The molecule has 1 aliphatic rings. The lowest BCUT2D eigenvalue weighted by molar-refractivity contribution is -0.117. The summed E-state index contributed by atoms with van der Waals surface area (Å²) >= 11 is 9.50. The highest BCUT2D eigenvalue weighted by atomic mass is 79.9. The Labute approximate surface area is 166 Å². The van der Waals surface area contributed by atoms with Gasteiger partial charge in [-0.2, -0.15) is 0 Å². The van der Waals surface area contributed by atoms with Gasteiger partial charge in [0, 0.05) is 11.0 Å². The summed E-state index contributed by atoms with van der Waals surface area (Å²) in [7, 11) is 0. The van der Waals surface area contributed by atoms with Crippen LogP contribution >= 0.6 is 27.5 Å². The maximum Gasteiger partial charge on any atom is 0.238 e. The minimum absolute atomic E-state index is 0.117. The quantitative estimate of drug-likeness (QED) is 0.733. The fourth-order valence-corrected chi connectivity index (χ4v) is 3.45. The molecule has 1 aliphatic heterocycles. The molecule has 2 aromatic rings. The summed E-state index contributed by atoms with van der Waals surface area (Å²) in [5, 5.41) is 3.35. The van der Waals surface area contributed by atoms with Gasteiger partial charge < -0.3 is 14.8 Å². The van der Waals surface area contributed by atoms with Crippen LogP contribution in [-0.4, -0.2) is 43.2 Å². The predicted molar refractivity (Wildman–Crippen MR) is 106 cm³/mol. The molecule has 0 bridgehead atoms. The minimum Gasteiger partial charge on any atom is -0.486 e. The Morgan fingerprint density at radius 1 is 1.31 bits per heavy atom. The highest BCUT2D eigenvalue weighted by Gasteiger charge is 2.23. The van der Waals surface area contributed by atoms with Gasteiger partial charge in [-0.3, -0.25) is 9.69 Å². The maximum atomic E-state index is 12.4. The van der Waals surface area contributed by atoms with Gasteiger partial charge >= 0.3 is 0 Å². The van der Waals surface area contributed by atoms with Crippen LogP contribution in [-0.2, 0) is 4.79 Å². The van der Waals surface area contributed by atoms with Crippen LogP contribution in [0.3, 0.4) is 0 Å². The van der Waals surface area contributed by atoms with E-state index < -0.39 is 0 Å². The number of carbonyl (C=O) groups is 1. The van der Waals surface area contributed by atoms with Crippen LogP contribution in [0.25, 0.3) is 0 Å². The second kappa shape index (κ2) is 8.75. The molecule has 0 aliphatic carbocycles. The van der Waals surface area contributed by atoms with Gasteiger partial charge in [0.2, 0.25) is 5.91 Å². The van der Waals surface area contributed by atoms with Crippen LogP contribution in [0.5, 0.6) is 11.5 Å². The van der Waals surface area contributed by atoms with Gasteiger partial charge in [0.25, 0.3) is 0 Å². The smallest absolute Gasteiger partial charge is 0.238 e. The number of benzene rings is 2. The number of carbonyl (C=O) groups excluding carboxylic acids is 1. The van der Waals surface area contributed by atoms with E-state index in [2.05, 4.69) is 21.2 Å². The van der Waals surface area contributed by atoms with Gasteiger partial charge in [-0.1, -0.05) is 46.6 Å². The third kappa shape index (κ3) is 4.90. The zero-order chi connectivity index (χ0) is 18.5. The molecule has 0 aromatic heterocycles. The predicted octanol–water partition coefficient (Wildman–Crippen LogP) is 4.20. The van der Waals surface area contributed by atoms with Crippen molar-refractivity contribution < 1.29 is 14.3 Å². The molecular formula is C19H20BrClN2O3. The molecule has 0 saturated carbocycles. The Hall–Kier alpha value is -1.76. The Kier molecular flexibility index (Phi) is 6.40. The molecule has 5 nitrogen and oxygen atoms in total. The number of rotatable bonds is 6. The van der Waals surface area contributed by atoms with Gasteiger partial charge in [-0.15, -0.1) is 0 Å². The van der Waals surface area contributed by atoms with E-state index in [1.54, 1.807) is 12.1 Å². The maximum absolute atomic E-state index is 12.4. The van der Waals surface area contributed by atoms with Crippen molar-refractivity contribution in [2.75, 3.05) is 31.6 Å². The Morgan fingerprint density at radius 3 is 2.81 bits per heavy atom. The molecule has 2 aromatic carbocycles. The number of halogens is 2. The van der Waals surface area contributed by atoms with Crippen LogP contribution in [0.15, 0.2) is 46.9 Å². The number of hydrogen-bond acceptors (Lipinski definition) is 4. The van der Waals surface area contributed by atoms with Gasteiger partial charge in [0.15, 0.2) is 11.5 Å². The number of likely N-dealkylation sites (N-methyl/N-ethyl adjacent to an activating group) is 1. The topological polar surface area (TPSA) is 50.8 Å². The number of fused-ring (bicyclic) bond motifs is 1. The highest BCUT2D eigenvalue weighted by Crippen LogP contribution is 2.31. The first-order valence-corrected chi connectivity index (χ1v) is 9.58. The lowest BCUT2D eigenvalue weighted by Crippen LogP contribution is -2.43. The van der Waals surface area contributed by atoms with E-state index in [1.165, 1.54) is 0 Å². The summed E-state index contributed by atoms with van der Waals surface area (Å²) in [6.45, 7) is 4.06. The molecular weight excluding hydrogens is 420 g/mol. The van der Waals surface area contributed by atoms with Crippen molar-refractivity contribution in [3.8, 4) is 11.5 Å². The van der Waals surface area contributed by atoms with Gasteiger partial charge in [-0.25, -0.2) is 0 Å². The van der Waals surface area contributed by atoms with Crippen molar-refractivity contribution in [2.24, 2.45) is 0 Å². The third-order valence-electron chi connectivity index (χ3n) is 4.05. The van der Waals surface area contributed by atoms with Gasteiger partial charge in [-0.05, 0) is 36.9 Å². The summed E-state index contributed by atoms with van der Waals surface area (Å²) in [6.07, 6.45) is -0.117. The van der Waals surface area contributed by atoms with Crippen molar-refractivity contribution in [1.29, 1.82) is 0 Å². The van der Waals surface area contributed by atoms with E-state index in [0.717, 1.165) is 22.5 Å². The molecule has 138 valence electrons. The molecule has 0 fully saturated rings. The third-order valence-corrected chi connectivity index (χ3v) is 4.85. The zero-order valence-electron chi connectivity index (χ0n) is 14.4. The fourth-order valence-electron chi connectivity index (χ4n) is 2.73. The number of hydrogen-bond donors (Lipinski definition) is 1. The van der Waals surface area contributed by atoms with Crippen molar-refractivity contribution in [3.63, 3.8) is 0 Å². The number of nitrogens with one attached hydrogen (secondary N) is 1. The Bertz CT molecular complexity index is 787. The first-order valence-electron chi connectivity index (χ1n) is 8.41. The molecule has 0 saturated heterocycles. The Balaban J connectivity index is 1.55. The second-order valence-corrected chi connectivity index (χ2v) is 7.32. The first-order chi connectivity index (χ1) is 12.5. The lowest BCUT2D eigenvalue weighted by Gasteiger charge is -2.30. The minimum atomic E-state index is -0.117. The van der Waals surface area contributed by atoms with Crippen LogP contribution in [0.1, 0.15) is 6.92 Å². The second-order valence-electron chi connectivity index (χ2n) is 6.00. The van der Waals surface area contributed by atoms with E-state index in [0.29, 0.717) is 23.9 Å². The monoisotopic (exact) mass is 438 g/mol. The van der Waals surface area contributed by atoms with Crippen LogP contribution in [0, 0.1) is 0 Å². The molecule has 0 spiro atoms. The summed E-state index contributed by atoms with van der Waals surface area (Å²) in [4.78, 5) is 14.4. The van der Waals surface area contributed by atoms with Crippen molar-refractivity contribution in [2.45, 2.75) is 13.0 Å². The molecule has 0 radical (unpaired) electrons. The average Bonchev–Trinajstić information content (AvgIpc) is 2.63. The SMILES string of the molecule is CCN(CC(=O)Nc1ccc(Br)cc1Cl)CC1COc2ccccc2O1. The van der Waals surface area contributed by atoms with E-state index in [4.69, 9.17) is 21.1 Å². The van der Waals surface area contributed by atoms with E-state index in [-0.39, 0.29) is 18.6 Å². The highest BCUT2D eigenvalue weighted by molar-refractivity contribution is 9.10. The number of amides is 1. The van der Waals surface area contributed by atoms with Gasteiger partial charge in [0.1, 0.15) is 12.7 Å². The number of ether oxygens (including phenoxy) is 2. The first kappa shape index (κ1) is 19.0. The molecule has 3 rings (SSSR count). The number of para-hydroxylation sites is 2. The number of anilines is 1. The summed E-state index contributed by atoms with van der Waals surface area (Å²) in [6, 6.07) is 13.0. The average molecular weight is 440 g/mol. The standard InChI is InChI=1S/C19H20BrClN2O3/c1-2-23(10-14-12-25-17-5-3-4-6-18(17)26-14)11-19(24)22-16-8-7-13(20)9-15(16)21/h3-9,14H,2,10-12H2,1H3,(H,22,24). The molecule has 26 heavy (non-hydrogen) atoms. The fraction of sp³-hybridized carbons (Fsp3) is 0.316. The normalized spacial score (nSPS) is 15.8. The van der Waals surface area contributed by atoms with E-state index in [1.807, 2.05) is 42.2 Å². The van der Waals surface area contributed by atoms with E-state index in [9.17, 15) is 4.79 Å². The lowest BCUT2D eigenvalue weighted by atomic mass is 10.2. The van der Waals surface area contributed by atoms with Crippen LogP contribution in [0.2, 0.25) is 5.02 Å². The largest absolute Gasteiger partial charge is 0.486 e. The van der Waals surface area contributed by atoms with Crippen LogP contribution in [0.4, 0.5) is 5.69 Å². The Morgan fingerprint density at radius 2 is 2.08 bits per heavy atom. The summed E-state index contributed by atoms with van der Waals surface area (Å²) in [5.74, 6) is 1.38. The molecule has 1 heterocycles. The van der Waals surface area contributed by atoms with Crippen molar-refractivity contribution in [1.82, 2.24) is 4.90 Å². The molecule has 1 N–H and O–H groups in total. The molecule has 7 heteroatoms. The van der Waals surface area contributed by atoms with Crippen LogP contribution < -0.4 is 14.8 Å². The summed E-state index contributed by atoms with van der Waals surface area (Å²) < 4.78 is 12.6. The molecule has 1 amide bonds. The van der Waals surface area contributed by atoms with Crippen molar-refractivity contribution in [3.05, 3.63) is 52.0 Å². The van der Waals surface area contributed by atoms with Crippen molar-refractivity contribution >= 4 is 39.1 Å². The molecule has 1 unspecified atom stereocenters. The molecule has 1 atom stereocenters.